The molecule has 0 radical (unpaired) electrons. The summed E-state index contributed by atoms with van der Waals surface area (Å²) in [6.07, 6.45) is -0.809. The third kappa shape index (κ3) is 2.65. The number of rotatable bonds is 3. The van der Waals surface area contributed by atoms with Gasteiger partial charge in [0.15, 0.2) is 18.1 Å². The fourth-order valence-electron chi connectivity index (χ4n) is 0.790. The molecule has 0 atom stereocenters. The molecule has 6 nitrogen and oxygen atoms in total. The minimum Gasteiger partial charge on any atom is -0.435 e. The number of ether oxygens (including phenoxy) is 2. The predicted octanol–water partition coefficient (Wildman–Crippen LogP) is 1.21. The van der Waals surface area contributed by atoms with Gasteiger partial charge in [0.1, 0.15) is 0 Å². The van der Waals surface area contributed by atoms with Gasteiger partial charge in [-0.3, -0.25) is 0 Å². The van der Waals surface area contributed by atoms with Crippen molar-refractivity contribution in [1.29, 1.82) is 0 Å². The Hall–Kier alpha value is -1.72. The van der Waals surface area contributed by atoms with Crippen LogP contribution in [0.2, 0.25) is 0 Å². The average molecular weight is 202 g/mol. The van der Waals surface area contributed by atoms with E-state index in [1.165, 1.54) is 6.92 Å². The summed E-state index contributed by atoms with van der Waals surface area (Å²) in [4.78, 5) is 21.3. The molecule has 0 fully saturated rings. The average Bonchev–Trinajstić information content (AvgIpc) is 2.42. The van der Waals surface area contributed by atoms with E-state index in [0.717, 1.165) is 0 Å². The van der Waals surface area contributed by atoms with Gasteiger partial charge in [-0.2, -0.15) is 0 Å². The lowest BCUT2D eigenvalue weighted by molar-refractivity contribution is 0.0485. The van der Waals surface area contributed by atoms with Crippen molar-refractivity contribution in [3.63, 3.8) is 0 Å². The molecule has 0 saturated carbocycles. The van der Waals surface area contributed by atoms with Crippen molar-refractivity contribution < 1.29 is 23.1 Å². The monoisotopic (exact) mass is 202 g/mol. The molecule has 0 bridgehead atoms. The molecule has 1 rings (SSSR count). The van der Waals surface area contributed by atoms with Crippen molar-refractivity contribution in [1.82, 2.24) is 0 Å². The molecule has 1 heterocycles. The Labute approximate surface area is 79.4 Å². The van der Waals surface area contributed by atoms with E-state index in [0.29, 0.717) is 5.76 Å². The smallest absolute Gasteiger partial charge is 0.435 e. The predicted molar refractivity (Wildman–Crippen MR) is 43.8 cm³/mol. The first-order valence-electron chi connectivity index (χ1n) is 4.02. The molecule has 0 spiro atoms. The van der Waals surface area contributed by atoms with Gasteiger partial charge in [0, 0.05) is 0 Å². The van der Waals surface area contributed by atoms with E-state index in [9.17, 15) is 9.59 Å². The maximum atomic E-state index is 10.7. The SMILES string of the molecule is CCOC(=O)OCc1oc(=O)oc1C. The second kappa shape index (κ2) is 4.50. The van der Waals surface area contributed by atoms with E-state index in [4.69, 9.17) is 0 Å². The highest BCUT2D eigenvalue weighted by Gasteiger charge is 2.11. The maximum absolute atomic E-state index is 10.7. The molecule has 0 aliphatic heterocycles. The van der Waals surface area contributed by atoms with Gasteiger partial charge in [-0.25, -0.2) is 9.59 Å². The lowest BCUT2D eigenvalue weighted by Crippen LogP contribution is -2.07. The molecule has 1 aromatic heterocycles. The zero-order valence-corrected chi connectivity index (χ0v) is 7.86. The van der Waals surface area contributed by atoms with Crippen molar-refractivity contribution in [3.05, 3.63) is 22.1 Å². The Balaban J connectivity index is 2.49. The highest BCUT2D eigenvalue weighted by Crippen LogP contribution is 2.06. The summed E-state index contributed by atoms with van der Waals surface area (Å²) in [6.45, 7) is 3.25. The fourth-order valence-corrected chi connectivity index (χ4v) is 0.790. The molecule has 78 valence electrons. The lowest BCUT2D eigenvalue weighted by Gasteiger charge is -2.01. The standard InChI is InChI=1S/C8H10O6/c1-3-11-7(9)12-4-6-5(2)13-8(10)14-6/h3-4H2,1-2H3. The van der Waals surface area contributed by atoms with Crippen molar-refractivity contribution >= 4 is 6.16 Å². The summed E-state index contributed by atoms with van der Waals surface area (Å²) in [5.74, 6) is -0.340. The minimum absolute atomic E-state index is 0.170. The molecular weight excluding hydrogens is 192 g/mol. The summed E-state index contributed by atoms with van der Waals surface area (Å²) < 4.78 is 18.2. The topological polar surface area (TPSA) is 78.9 Å². The van der Waals surface area contributed by atoms with Crippen molar-refractivity contribution in [3.8, 4) is 0 Å². The minimum atomic E-state index is -0.815. The van der Waals surface area contributed by atoms with Crippen LogP contribution in [-0.4, -0.2) is 12.8 Å². The Morgan fingerprint density at radius 2 is 2.07 bits per heavy atom. The van der Waals surface area contributed by atoms with Crippen molar-refractivity contribution in [2.75, 3.05) is 6.61 Å². The van der Waals surface area contributed by atoms with Crippen LogP contribution >= 0.6 is 0 Å². The molecule has 0 aromatic carbocycles. The fraction of sp³-hybridized carbons (Fsp3) is 0.500. The van der Waals surface area contributed by atoms with E-state index < -0.39 is 12.0 Å². The molecule has 14 heavy (non-hydrogen) atoms. The van der Waals surface area contributed by atoms with Gasteiger partial charge >= 0.3 is 12.0 Å². The summed E-state index contributed by atoms with van der Waals surface area (Å²) in [7, 11) is 0. The van der Waals surface area contributed by atoms with E-state index in [1.54, 1.807) is 6.92 Å². The first-order chi connectivity index (χ1) is 6.63. The summed E-state index contributed by atoms with van der Waals surface area (Å²) in [6, 6.07) is 0. The Kier molecular flexibility index (Phi) is 3.33. The third-order valence-corrected chi connectivity index (χ3v) is 1.42. The molecule has 0 amide bonds. The lowest BCUT2D eigenvalue weighted by atomic mass is 10.4. The highest BCUT2D eigenvalue weighted by molar-refractivity contribution is 5.59. The van der Waals surface area contributed by atoms with Crippen LogP contribution in [0.3, 0.4) is 0 Å². The quantitative estimate of drug-likeness (QED) is 0.685. The number of hydrogen-bond acceptors (Lipinski definition) is 6. The number of carbonyl (C=O) groups excluding carboxylic acids is 1. The van der Waals surface area contributed by atoms with Gasteiger partial charge in [-0.1, -0.05) is 0 Å². The van der Waals surface area contributed by atoms with E-state index >= 15 is 0 Å². The van der Waals surface area contributed by atoms with E-state index in [2.05, 4.69) is 18.3 Å². The molecule has 1 aromatic rings. The van der Waals surface area contributed by atoms with Crippen LogP contribution in [-0.2, 0) is 16.1 Å². The molecular formula is C8H10O6. The summed E-state index contributed by atoms with van der Waals surface area (Å²) >= 11 is 0. The third-order valence-electron chi connectivity index (χ3n) is 1.42. The number of carbonyl (C=O) groups is 1. The first kappa shape index (κ1) is 10.4. The largest absolute Gasteiger partial charge is 0.519 e. The van der Waals surface area contributed by atoms with Crippen LogP contribution in [0.15, 0.2) is 13.6 Å². The Morgan fingerprint density at radius 1 is 1.36 bits per heavy atom. The van der Waals surface area contributed by atoms with Crippen molar-refractivity contribution in [2.45, 2.75) is 20.5 Å². The van der Waals surface area contributed by atoms with Crippen LogP contribution in [0.1, 0.15) is 18.4 Å². The van der Waals surface area contributed by atoms with Gasteiger partial charge in [-0.15, -0.1) is 0 Å². The van der Waals surface area contributed by atoms with Gasteiger partial charge in [0.05, 0.1) is 6.61 Å². The van der Waals surface area contributed by atoms with Crippen LogP contribution < -0.4 is 5.82 Å². The van der Waals surface area contributed by atoms with Crippen LogP contribution in [0.25, 0.3) is 0 Å². The van der Waals surface area contributed by atoms with E-state index in [-0.39, 0.29) is 19.0 Å². The summed E-state index contributed by atoms with van der Waals surface area (Å²) in [5, 5.41) is 0. The van der Waals surface area contributed by atoms with Gasteiger partial charge < -0.3 is 18.3 Å². The van der Waals surface area contributed by atoms with Crippen molar-refractivity contribution in [2.24, 2.45) is 0 Å². The molecule has 0 N–H and O–H groups in total. The molecule has 0 saturated heterocycles. The van der Waals surface area contributed by atoms with E-state index in [1.807, 2.05) is 0 Å². The Morgan fingerprint density at radius 3 is 2.57 bits per heavy atom. The van der Waals surface area contributed by atoms with Gasteiger partial charge in [0.25, 0.3) is 0 Å². The van der Waals surface area contributed by atoms with Crippen LogP contribution in [0.4, 0.5) is 4.79 Å². The van der Waals surface area contributed by atoms with Crippen LogP contribution in [0, 0.1) is 6.92 Å². The molecule has 0 aliphatic carbocycles. The maximum Gasteiger partial charge on any atom is 0.519 e. The normalized spacial score (nSPS) is 9.86. The molecule has 0 aliphatic rings. The summed E-state index contributed by atoms with van der Waals surface area (Å²) in [5.41, 5.74) is 0. The molecule has 6 heteroatoms. The Bertz CT molecular complexity index is 360. The first-order valence-corrected chi connectivity index (χ1v) is 4.02. The van der Waals surface area contributed by atoms with Gasteiger partial charge in [0.2, 0.25) is 0 Å². The zero-order valence-electron chi connectivity index (χ0n) is 7.86. The van der Waals surface area contributed by atoms with Crippen LogP contribution in [0.5, 0.6) is 0 Å². The molecule has 0 unspecified atom stereocenters. The van der Waals surface area contributed by atoms with Gasteiger partial charge in [-0.05, 0) is 13.8 Å². The zero-order chi connectivity index (χ0) is 10.6. The number of aryl methyl sites for hydroxylation is 1. The second-order valence-electron chi connectivity index (χ2n) is 2.41. The number of hydrogen-bond donors (Lipinski definition) is 0. The second-order valence-corrected chi connectivity index (χ2v) is 2.41. The highest BCUT2D eigenvalue weighted by atomic mass is 16.7.